The third-order valence-electron chi connectivity index (χ3n) is 4.77. The summed E-state index contributed by atoms with van der Waals surface area (Å²) < 4.78 is 5.71. The molecule has 1 heteroatoms. The second-order valence-corrected chi connectivity index (χ2v) is 6.55. The number of rotatable bonds is 3. The summed E-state index contributed by atoms with van der Waals surface area (Å²) in [6, 6.07) is 0. The van der Waals surface area contributed by atoms with Gasteiger partial charge < -0.3 is 4.74 Å². The van der Waals surface area contributed by atoms with Gasteiger partial charge in [-0.3, -0.25) is 0 Å². The van der Waals surface area contributed by atoms with E-state index in [1.807, 2.05) is 7.11 Å². The zero-order chi connectivity index (χ0) is 12.3. The van der Waals surface area contributed by atoms with E-state index in [0.717, 1.165) is 23.7 Å². The monoisotopic (exact) mass is 226 g/mol. The van der Waals surface area contributed by atoms with Crippen LogP contribution in [0.2, 0.25) is 0 Å². The third kappa shape index (κ3) is 3.23. The van der Waals surface area contributed by atoms with Crippen molar-refractivity contribution in [2.45, 2.75) is 65.9 Å². The van der Waals surface area contributed by atoms with Crippen LogP contribution in [0.4, 0.5) is 0 Å². The summed E-state index contributed by atoms with van der Waals surface area (Å²) in [5, 5.41) is 0. The predicted molar refractivity (Wildman–Crippen MR) is 70.5 cm³/mol. The van der Waals surface area contributed by atoms with Gasteiger partial charge >= 0.3 is 0 Å². The van der Waals surface area contributed by atoms with Gasteiger partial charge in [0.15, 0.2) is 0 Å². The Morgan fingerprint density at radius 3 is 1.56 bits per heavy atom. The molecule has 0 aromatic carbocycles. The summed E-state index contributed by atoms with van der Waals surface area (Å²) in [5.41, 5.74) is 0.136. The molecule has 0 amide bonds. The van der Waals surface area contributed by atoms with Crippen LogP contribution in [-0.4, -0.2) is 12.7 Å². The molecule has 1 rings (SSSR count). The lowest BCUT2D eigenvalue weighted by atomic mass is 9.74. The van der Waals surface area contributed by atoms with Crippen LogP contribution in [-0.2, 0) is 4.74 Å². The Morgan fingerprint density at radius 1 is 0.938 bits per heavy atom. The summed E-state index contributed by atoms with van der Waals surface area (Å²) in [7, 11) is 1.88. The summed E-state index contributed by atoms with van der Waals surface area (Å²) in [5.74, 6) is 3.40. The minimum Gasteiger partial charge on any atom is -0.379 e. The van der Waals surface area contributed by atoms with Crippen molar-refractivity contribution in [1.82, 2.24) is 0 Å². The van der Waals surface area contributed by atoms with Crippen LogP contribution in [0.15, 0.2) is 0 Å². The van der Waals surface area contributed by atoms with Gasteiger partial charge in [0.2, 0.25) is 0 Å². The maximum absolute atomic E-state index is 5.71. The highest BCUT2D eigenvalue weighted by atomic mass is 16.5. The SMILES string of the molecule is COC1(C)CCC(C(C)C)C(C(C)C)CC1. The van der Waals surface area contributed by atoms with E-state index in [9.17, 15) is 0 Å². The van der Waals surface area contributed by atoms with Crippen LogP contribution in [0.1, 0.15) is 60.3 Å². The first kappa shape index (κ1) is 14.0. The lowest BCUT2D eigenvalue weighted by Crippen LogP contribution is -2.26. The van der Waals surface area contributed by atoms with Crippen molar-refractivity contribution in [2.24, 2.45) is 23.7 Å². The molecule has 0 spiro atoms. The Labute approximate surface area is 102 Å². The molecule has 1 saturated carbocycles. The van der Waals surface area contributed by atoms with E-state index in [-0.39, 0.29) is 5.60 Å². The van der Waals surface area contributed by atoms with Crippen LogP contribution in [0.5, 0.6) is 0 Å². The molecule has 0 aromatic heterocycles. The third-order valence-corrected chi connectivity index (χ3v) is 4.77. The van der Waals surface area contributed by atoms with Crippen LogP contribution in [0.25, 0.3) is 0 Å². The fourth-order valence-electron chi connectivity index (χ4n) is 3.36. The largest absolute Gasteiger partial charge is 0.379 e. The van der Waals surface area contributed by atoms with Crippen molar-refractivity contribution < 1.29 is 4.74 Å². The van der Waals surface area contributed by atoms with E-state index >= 15 is 0 Å². The topological polar surface area (TPSA) is 9.23 Å². The van der Waals surface area contributed by atoms with Gasteiger partial charge in [-0.05, 0) is 56.3 Å². The number of ether oxygens (including phenoxy) is 1. The van der Waals surface area contributed by atoms with Gasteiger partial charge in [0.05, 0.1) is 5.60 Å². The van der Waals surface area contributed by atoms with Gasteiger partial charge in [0.1, 0.15) is 0 Å². The van der Waals surface area contributed by atoms with E-state index in [4.69, 9.17) is 4.74 Å². The van der Waals surface area contributed by atoms with Crippen LogP contribution in [0, 0.1) is 23.7 Å². The molecule has 0 bridgehead atoms. The van der Waals surface area contributed by atoms with Gasteiger partial charge in [-0.2, -0.15) is 0 Å². The second-order valence-electron chi connectivity index (χ2n) is 6.55. The second kappa shape index (κ2) is 5.53. The minimum atomic E-state index is 0.136. The average Bonchev–Trinajstić information content (AvgIpc) is 2.38. The molecular formula is C15H30O. The summed E-state index contributed by atoms with van der Waals surface area (Å²) in [6.45, 7) is 11.8. The maximum Gasteiger partial charge on any atom is 0.0651 e. The standard InChI is InChI=1S/C15H30O/c1-11(2)13-7-9-15(5,16-6)10-8-14(13)12(3)4/h11-14H,7-10H2,1-6H3. The highest BCUT2D eigenvalue weighted by Gasteiger charge is 2.35. The smallest absolute Gasteiger partial charge is 0.0651 e. The highest BCUT2D eigenvalue weighted by molar-refractivity contribution is 4.87. The summed E-state index contributed by atoms with van der Waals surface area (Å²) in [6.07, 6.45) is 5.14. The van der Waals surface area contributed by atoms with Gasteiger partial charge in [-0.15, -0.1) is 0 Å². The molecule has 2 atom stereocenters. The van der Waals surface area contributed by atoms with Gasteiger partial charge in [-0.1, -0.05) is 27.7 Å². The van der Waals surface area contributed by atoms with Crippen molar-refractivity contribution in [3.63, 3.8) is 0 Å². The van der Waals surface area contributed by atoms with Gasteiger partial charge in [0, 0.05) is 7.11 Å². The Bertz CT molecular complexity index is 189. The fraction of sp³-hybridized carbons (Fsp3) is 1.00. The quantitative estimate of drug-likeness (QED) is 0.643. The zero-order valence-corrected chi connectivity index (χ0v) is 12.0. The van der Waals surface area contributed by atoms with E-state index in [1.54, 1.807) is 0 Å². The average molecular weight is 226 g/mol. The molecule has 0 heterocycles. The van der Waals surface area contributed by atoms with Crippen molar-refractivity contribution in [2.75, 3.05) is 7.11 Å². The molecule has 0 aliphatic heterocycles. The Morgan fingerprint density at radius 2 is 1.31 bits per heavy atom. The minimum absolute atomic E-state index is 0.136. The van der Waals surface area contributed by atoms with Crippen LogP contribution < -0.4 is 0 Å². The Balaban J connectivity index is 2.76. The number of hydrogen-bond donors (Lipinski definition) is 0. The number of methoxy groups -OCH3 is 1. The fourth-order valence-corrected chi connectivity index (χ4v) is 3.36. The molecule has 0 aromatic rings. The molecule has 0 N–H and O–H groups in total. The highest BCUT2D eigenvalue weighted by Crippen LogP contribution is 2.42. The molecule has 0 saturated heterocycles. The molecule has 96 valence electrons. The molecule has 1 aliphatic carbocycles. The van der Waals surface area contributed by atoms with Crippen molar-refractivity contribution >= 4 is 0 Å². The molecule has 0 radical (unpaired) electrons. The lowest BCUT2D eigenvalue weighted by molar-refractivity contribution is -0.00799. The van der Waals surface area contributed by atoms with E-state index in [1.165, 1.54) is 25.7 Å². The molecule has 1 aliphatic rings. The predicted octanol–water partition coefficient (Wildman–Crippen LogP) is 4.51. The Hall–Kier alpha value is -0.0400. The van der Waals surface area contributed by atoms with Crippen LogP contribution >= 0.6 is 0 Å². The Kier molecular flexibility index (Phi) is 4.85. The van der Waals surface area contributed by atoms with Crippen molar-refractivity contribution in [3.05, 3.63) is 0 Å². The summed E-state index contributed by atoms with van der Waals surface area (Å²) in [4.78, 5) is 0. The van der Waals surface area contributed by atoms with Crippen molar-refractivity contribution in [1.29, 1.82) is 0 Å². The molecule has 1 fully saturated rings. The number of hydrogen-bond acceptors (Lipinski definition) is 1. The first-order valence-electron chi connectivity index (χ1n) is 6.95. The van der Waals surface area contributed by atoms with Gasteiger partial charge in [0.25, 0.3) is 0 Å². The lowest BCUT2D eigenvalue weighted by Gasteiger charge is -2.31. The maximum atomic E-state index is 5.71. The first-order chi connectivity index (χ1) is 7.39. The molecule has 2 unspecified atom stereocenters. The molecule has 16 heavy (non-hydrogen) atoms. The van der Waals surface area contributed by atoms with E-state index in [2.05, 4.69) is 34.6 Å². The van der Waals surface area contributed by atoms with E-state index in [0.29, 0.717) is 0 Å². The normalized spacial score (nSPS) is 36.8. The van der Waals surface area contributed by atoms with E-state index < -0.39 is 0 Å². The summed E-state index contributed by atoms with van der Waals surface area (Å²) >= 11 is 0. The van der Waals surface area contributed by atoms with Gasteiger partial charge in [-0.25, -0.2) is 0 Å². The van der Waals surface area contributed by atoms with Crippen molar-refractivity contribution in [3.8, 4) is 0 Å². The van der Waals surface area contributed by atoms with Crippen LogP contribution in [0.3, 0.4) is 0 Å². The molecular weight excluding hydrogens is 196 g/mol. The zero-order valence-electron chi connectivity index (χ0n) is 12.0. The molecule has 1 nitrogen and oxygen atoms in total. The first-order valence-corrected chi connectivity index (χ1v) is 6.95.